The number of nitrogens with zero attached hydrogens (tertiary/aromatic N) is 2. The Balaban J connectivity index is 2.16. The van der Waals surface area contributed by atoms with Crippen LogP contribution in [0.4, 0.5) is 15.8 Å². The van der Waals surface area contributed by atoms with E-state index in [4.69, 9.17) is 0 Å². The lowest BCUT2D eigenvalue weighted by molar-refractivity contribution is -0.385. The summed E-state index contributed by atoms with van der Waals surface area (Å²) in [5, 5.41) is 12.6. The molecule has 0 bridgehead atoms. The van der Waals surface area contributed by atoms with Gasteiger partial charge in [-0.1, -0.05) is 6.42 Å². The highest BCUT2D eigenvalue weighted by atomic mass is 19.1. The quantitative estimate of drug-likeness (QED) is 0.674. The predicted octanol–water partition coefficient (Wildman–Crippen LogP) is 3.32. The molecule has 1 heterocycles. The van der Waals surface area contributed by atoms with E-state index in [1.165, 1.54) is 18.6 Å². The van der Waals surface area contributed by atoms with Crippen LogP contribution in [-0.4, -0.2) is 22.0 Å². The molecule has 0 aliphatic carbocycles. The van der Waals surface area contributed by atoms with Crippen molar-refractivity contribution in [2.24, 2.45) is 0 Å². The Bertz CT molecular complexity index is 471. The number of nitro benzene ring substituents is 1. The number of hydrogen-bond acceptors (Lipinski definition) is 4. The fourth-order valence-electron chi connectivity index (χ4n) is 2.49. The number of piperidine rings is 1. The van der Waals surface area contributed by atoms with Crippen molar-refractivity contribution in [3.63, 3.8) is 0 Å². The first-order chi connectivity index (χ1) is 8.99. The molecule has 5 nitrogen and oxygen atoms in total. The highest BCUT2D eigenvalue weighted by molar-refractivity contribution is 5.49. The molecule has 2 unspecified atom stereocenters. The maximum absolute atomic E-state index is 13.8. The van der Waals surface area contributed by atoms with Gasteiger partial charge in [-0.3, -0.25) is 10.1 Å². The van der Waals surface area contributed by atoms with Crippen LogP contribution in [0.25, 0.3) is 0 Å². The number of nitrogens with one attached hydrogen (secondary N) is 1. The summed E-state index contributed by atoms with van der Waals surface area (Å²) in [6.45, 7) is 4.18. The van der Waals surface area contributed by atoms with Gasteiger partial charge in [0.15, 0.2) is 5.82 Å². The zero-order valence-corrected chi connectivity index (χ0v) is 11.1. The van der Waals surface area contributed by atoms with E-state index in [2.05, 4.69) is 19.3 Å². The molecule has 0 radical (unpaired) electrons. The van der Waals surface area contributed by atoms with Gasteiger partial charge in [0.25, 0.3) is 5.69 Å². The van der Waals surface area contributed by atoms with E-state index in [1.807, 2.05) is 5.01 Å². The molecule has 1 fully saturated rings. The summed E-state index contributed by atoms with van der Waals surface area (Å²) in [4.78, 5) is 9.97. The maximum atomic E-state index is 13.8. The van der Waals surface area contributed by atoms with Gasteiger partial charge in [-0.15, -0.1) is 0 Å². The maximum Gasteiger partial charge on any atom is 0.272 e. The zero-order chi connectivity index (χ0) is 14.0. The summed E-state index contributed by atoms with van der Waals surface area (Å²) in [5.41, 5.74) is 3.10. The third-order valence-electron chi connectivity index (χ3n) is 3.61. The number of non-ortho nitro benzene ring substituents is 1. The minimum Gasteiger partial charge on any atom is -0.316 e. The Morgan fingerprint density at radius 1 is 1.37 bits per heavy atom. The summed E-state index contributed by atoms with van der Waals surface area (Å²) in [6, 6.07) is 4.31. The molecule has 0 aromatic heterocycles. The smallest absolute Gasteiger partial charge is 0.272 e. The number of anilines is 1. The second-order valence-corrected chi connectivity index (χ2v) is 5.07. The van der Waals surface area contributed by atoms with E-state index >= 15 is 0 Å². The van der Waals surface area contributed by atoms with Gasteiger partial charge in [-0.25, -0.2) is 9.40 Å². The molecular formula is C13H18FN3O2. The lowest BCUT2D eigenvalue weighted by Gasteiger charge is -2.39. The first-order valence-electron chi connectivity index (χ1n) is 6.48. The average molecular weight is 267 g/mol. The zero-order valence-electron chi connectivity index (χ0n) is 11.1. The van der Waals surface area contributed by atoms with Gasteiger partial charge in [-0.2, -0.15) is 0 Å². The Morgan fingerprint density at radius 3 is 2.53 bits per heavy atom. The number of hydrogen-bond donors (Lipinski definition) is 1. The van der Waals surface area contributed by atoms with Gasteiger partial charge in [0.2, 0.25) is 0 Å². The molecule has 1 saturated heterocycles. The van der Waals surface area contributed by atoms with E-state index in [9.17, 15) is 14.5 Å². The van der Waals surface area contributed by atoms with Gasteiger partial charge in [0.05, 0.1) is 16.7 Å². The van der Waals surface area contributed by atoms with Crippen LogP contribution < -0.4 is 5.43 Å². The topological polar surface area (TPSA) is 58.4 Å². The largest absolute Gasteiger partial charge is 0.316 e. The molecule has 1 aromatic carbocycles. The fraction of sp³-hybridized carbons (Fsp3) is 0.538. The molecule has 0 spiro atoms. The van der Waals surface area contributed by atoms with Crippen molar-refractivity contribution in [3.8, 4) is 0 Å². The number of nitro groups is 1. The van der Waals surface area contributed by atoms with E-state index in [-0.39, 0.29) is 11.4 Å². The van der Waals surface area contributed by atoms with Gasteiger partial charge in [0.1, 0.15) is 0 Å². The van der Waals surface area contributed by atoms with Crippen LogP contribution in [0.1, 0.15) is 33.1 Å². The SMILES string of the molecule is CC1CCCC(C)N1Nc1ccc([N+](=O)[O-])cc1F. The second-order valence-electron chi connectivity index (χ2n) is 5.07. The van der Waals surface area contributed by atoms with Crippen LogP contribution in [-0.2, 0) is 0 Å². The standard InChI is InChI=1S/C13H18FN3O2/c1-9-4-3-5-10(2)16(9)15-13-7-6-11(17(18)19)8-12(13)14/h6-10,15H,3-5H2,1-2H3. The molecule has 0 amide bonds. The van der Waals surface area contributed by atoms with Gasteiger partial charge in [-0.05, 0) is 32.8 Å². The van der Waals surface area contributed by atoms with Crippen molar-refractivity contribution in [1.82, 2.24) is 5.01 Å². The molecule has 2 rings (SSSR count). The molecule has 104 valence electrons. The average Bonchev–Trinajstić information content (AvgIpc) is 2.35. The highest BCUT2D eigenvalue weighted by Gasteiger charge is 2.25. The number of benzene rings is 1. The molecule has 1 aliphatic heterocycles. The molecule has 0 saturated carbocycles. The van der Waals surface area contributed by atoms with E-state index in [0.717, 1.165) is 18.9 Å². The van der Waals surface area contributed by atoms with Crippen molar-refractivity contribution in [2.75, 3.05) is 5.43 Å². The highest BCUT2D eigenvalue weighted by Crippen LogP contribution is 2.26. The Kier molecular flexibility index (Phi) is 3.99. The second kappa shape index (κ2) is 5.52. The van der Waals surface area contributed by atoms with E-state index in [1.54, 1.807) is 0 Å². The van der Waals surface area contributed by atoms with Crippen molar-refractivity contribution < 1.29 is 9.31 Å². The Morgan fingerprint density at radius 2 is 2.00 bits per heavy atom. The summed E-state index contributed by atoms with van der Waals surface area (Å²) < 4.78 is 13.8. The summed E-state index contributed by atoms with van der Waals surface area (Å²) >= 11 is 0. The minimum absolute atomic E-state index is 0.234. The van der Waals surface area contributed by atoms with Gasteiger partial charge < -0.3 is 5.43 Å². The van der Waals surface area contributed by atoms with Crippen LogP contribution >= 0.6 is 0 Å². The first kappa shape index (κ1) is 13.7. The fourth-order valence-corrected chi connectivity index (χ4v) is 2.49. The molecule has 6 heteroatoms. The van der Waals surface area contributed by atoms with Crippen molar-refractivity contribution >= 4 is 11.4 Å². The third kappa shape index (κ3) is 3.01. The van der Waals surface area contributed by atoms with Crippen LogP contribution in [0.15, 0.2) is 18.2 Å². The monoisotopic (exact) mass is 267 g/mol. The third-order valence-corrected chi connectivity index (χ3v) is 3.61. The lowest BCUT2D eigenvalue weighted by Crippen LogP contribution is -2.47. The summed E-state index contributed by atoms with van der Waals surface area (Å²) in [7, 11) is 0. The van der Waals surface area contributed by atoms with Crippen LogP contribution in [0, 0.1) is 15.9 Å². The van der Waals surface area contributed by atoms with Crippen molar-refractivity contribution in [1.29, 1.82) is 0 Å². The van der Waals surface area contributed by atoms with Crippen molar-refractivity contribution in [2.45, 2.75) is 45.2 Å². The normalized spacial score (nSPS) is 24.2. The lowest BCUT2D eigenvalue weighted by atomic mass is 10.00. The van der Waals surface area contributed by atoms with Crippen molar-refractivity contribution in [3.05, 3.63) is 34.1 Å². The number of rotatable bonds is 3. The summed E-state index contributed by atoms with van der Waals surface area (Å²) in [6.07, 6.45) is 3.29. The molecule has 1 aliphatic rings. The van der Waals surface area contributed by atoms with Gasteiger partial charge >= 0.3 is 0 Å². The minimum atomic E-state index is -0.598. The summed E-state index contributed by atoms with van der Waals surface area (Å²) in [5.74, 6) is -0.598. The molecule has 2 atom stereocenters. The van der Waals surface area contributed by atoms with Gasteiger partial charge in [0, 0.05) is 18.2 Å². The number of hydrazine groups is 1. The molecular weight excluding hydrogens is 249 g/mol. The van der Waals surface area contributed by atoms with Crippen LogP contribution in [0.5, 0.6) is 0 Å². The van der Waals surface area contributed by atoms with Crippen LogP contribution in [0.3, 0.4) is 0 Å². The molecule has 1 N–H and O–H groups in total. The molecule has 19 heavy (non-hydrogen) atoms. The Hall–Kier alpha value is -1.69. The first-order valence-corrected chi connectivity index (χ1v) is 6.48. The Labute approximate surface area is 111 Å². The van der Waals surface area contributed by atoms with Crippen LogP contribution in [0.2, 0.25) is 0 Å². The van der Waals surface area contributed by atoms with E-state index in [0.29, 0.717) is 12.1 Å². The molecule has 1 aromatic rings. The van der Waals surface area contributed by atoms with E-state index < -0.39 is 10.7 Å². The predicted molar refractivity (Wildman–Crippen MR) is 71.3 cm³/mol. The number of halogens is 1.